The normalized spacial score (nSPS) is 27.2. The van der Waals surface area contributed by atoms with Gasteiger partial charge in [-0.15, -0.1) is 0 Å². The molecule has 2 aliphatic rings. The van der Waals surface area contributed by atoms with Crippen molar-refractivity contribution >= 4 is 6.03 Å². The van der Waals surface area contributed by atoms with Gasteiger partial charge in [-0.2, -0.15) is 0 Å². The van der Waals surface area contributed by atoms with Crippen LogP contribution in [0.25, 0.3) is 0 Å². The first kappa shape index (κ1) is 14.6. The lowest BCUT2D eigenvalue weighted by Crippen LogP contribution is -2.51. The molecule has 1 saturated heterocycles. The second kappa shape index (κ2) is 6.60. The lowest BCUT2D eigenvalue weighted by molar-refractivity contribution is -0.0915. The molecule has 0 bridgehead atoms. The molecule has 0 spiro atoms. The van der Waals surface area contributed by atoms with E-state index in [1.807, 2.05) is 0 Å². The number of rotatable bonds is 4. The first-order chi connectivity index (χ1) is 9.17. The van der Waals surface area contributed by atoms with Crippen LogP contribution in [0.5, 0.6) is 0 Å². The van der Waals surface area contributed by atoms with E-state index in [9.17, 15) is 4.79 Å². The third-order valence-corrected chi connectivity index (χ3v) is 4.81. The molecule has 0 aromatic heterocycles. The van der Waals surface area contributed by atoms with E-state index in [4.69, 9.17) is 4.74 Å². The highest BCUT2D eigenvalue weighted by Crippen LogP contribution is 2.31. The standard InChI is InChI=1S/C15H28N2O2/c1-3-15(4-2)11-13(9-10-19-15)17-14(18)16-12-7-5-6-8-12/h12-13H,3-11H2,1-2H3,(H2,16,17,18). The van der Waals surface area contributed by atoms with Crippen LogP contribution in [-0.2, 0) is 4.74 Å². The van der Waals surface area contributed by atoms with E-state index in [1.54, 1.807) is 0 Å². The van der Waals surface area contributed by atoms with Crippen molar-refractivity contribution in [3.63, 3.8) is 0 Å². The summed E-state index contributed by atoms with van der Waals surface area (Å²) in [5.74, 6) is 0. The molecule has 0 radical (unpaired) electrons. The van der Waals surface area contributed by atoms with E-state index >= 15 is 0 Å². The lowest BCUT2D eigenvalue weighted by Gasteiger charge is -2.40. The fourth-order valence-electron chi connectivity index (χ4n) is 3.38. The molecule has 4 nitrogen and oxygen atoms in total. The topological polar surface area (TPSA) is 50.4 Å². The van der Waals surface area contributed by atoms with Gasteiger partial charge in [-0.3, -0.25) is 0 Å². The summed E-state index contributed by atoms with van der Waals surface area (Å²) in [6.07, 6.45) is 8.67. The van der Waals surface area contributed by atoms with Crippen molar-refractivity contribution in [2.45, 2.75) is 82.9 Å². The van der Waals surface area contributed by atoms with Gasteiger partial charge in [-0.05, 0) is 38.5 Å². The number of ether oxygens (including phenoxy) is 1. The monoisotopic (exact) mass is 268 g/mol. The summed E-state index contributed by atoms with van der Waals surface area (Å²) in [6.45, 7) is 5.10. The Kier molecular flexibility index (Phi) is 5.08. The molecule has 2 rings (SSSR count). The number of urea groups is 1. The van der Waals surface area contributed by atoms with Gasteiger partial charge < -0.3 is 15.4 Å². The Balaban J connectivity index is 1.79. The van der Waals surface area contributed by atoms with E-state index in [1.165, 1.54) is 12.8 Å². The molecule has 19 heavy (non-hydrogen) atoms. The molecule has 2 fully saturated rings. The second-order valence-electron chi connectivity index (χ2n) is 6.03. The number of hydrogen-bond donors (Lipinski definition) is 2. The first-order valence-corrected chi connectivity index (χ1v) is 7.88. The van der Waals surface area contributed by atoms with E-state index in [0.29, 0.717) is 6.04 Å². The second-order valence-corrected chi connectivity index (χ2v) is 6.03. The molecule has 2 N–H and O–H groups in total. The molecule has 4 heteroatoms. The zero-order valence-corrected chi connectivity index (χ0v) is 12.3. The summed E-state index contributed by atoms with van der Waals surface area (Å²) in [6, 6.07) is 0.664. The number of carbonyl (C=O) groups excluding carboxylic acids is 1. The Hall–Kier alpha value is -0.770. The predicted octanol–water partition coefficient (Wildman–Crippen LogP) is 2.97. The van der Waals surface area contributed by atoms with Crippen LogP contribution in [0.1, 0.15) is 65.2 Å². The van der Waals surface area contributed by atoms with Crippen LogP contribution in [0, 0.1) is 0 Å². The number of hydrogen-bond acceptors (Lipinski definition) is 2. The van der Waals surface area contributed by atoms with Gasteiger partial charge in [0, 0.05) is 18.7 Å². The molecule has 1 aliphatic carbocycles. The van der Waals surface area contributed by atoms with Crippen LogP contribution in [0.2, 0.25) is 0 Å². The molecule has 0 aromatic carbocycles. The molecule has 1 atom stereocenters. The lowest BCUT2D eigenvalue weighted by atomic mass is 9.86. The summed E-state index contributed by atoms with van der Waals surface area (Å²) >= 11 is 0. The highest BCUT2D eigenvalue weighted by molar-refractivity contribution is 5.74. The molecule has 1 unspecified atom stereocenters. The van der Waals surface area contributed by atoms with Gasteiger partial charge in [-0.25, -0.2) is 4.79 Å². The van der Waals surface area contributed by atoms with Crippen LogP contribution in [0.15, 0.2) is 0 Å². The molecular formula is C15H28N2O2. The molecule has 110 valence electrons. The number of amides is 2. The van der Waals surface area contributed by atoms with Crippen molar-refractivity contribution in [3.8, 4) is 0 Å². The van der Waals surface area contributed by atoms with Crippen LogP contribution in [0.3, 0.4) is 0 Å². The van der Waals surface area contributed by atoms with E-state index < -0.39 is 0 Å². The fraction of sp³-hybridized carbons (Fsp3) is 0.933. The smallest absolute Gasteiger partial charge is 0.315 e. The average Bonchev–Trinajstić information content (AvgIpc) is 2.91. The van der Waals surface area contributed by atoms with Crippen LogP contribution < -0.4 is 10.6 Å². The summed E-state index contributed by atoms with van der Waals surface area (Å²) in [4.78, 5) is 12.0. The van der Waals surface area contributed by atoms with Crippen LogP contribution in [0.4, 0.5) is 4.79 Å². The molecule has 1 aliphatic heterocycles. The summed E-state index contributed by atoms with van der Waals surface area (Å²) < 4.78 is 5.94. The fourth-order valence-corrected chi connectivity index (χ4v) is 3.38. The van der Waals surface area contributed by atoms with Crippen molar-refractivity contribution in [2.24, 2.45) is 0 Å². The number of nitrogens with one attached hydrogen (secondary N) is 2. The number of carbonyl (C=O) groups is 1. The Bertz CT molecular complexity index is 297. The maximum absolute atomic E-state index is 12.0. The highest BCUT2D eigenvalue weighted by Gasteiger charge is 2.35. The van der Waals surface area contributed by atoms with Crippen LogP contribution >= 0.6 is 0 Å². The van der Waals surface area contributed by atoms with Crippen molar-refractivity contribution in [1.29, 1.82) is 0 Å². The Morgan fingerprint density at radius 2 is 1.74 bits per heavy atom. The average molecular weight is 268 g/mol. The van der Waals surface area contributed by atoms with E-state index in [-0.39, 0.29) is 17.7 Å². The van der Waals surface area contributed by atoms with E-state index in [2.05, 4.69) is 24.5 Å². The summed E-state index contributed by atoms with van der Waals surface area (Å²) in [5, 5.41) is 6.24. The molecule has 1 saturated carbocycles. The van der Waals surface area contributed by atoms with Gasteiger partial charge in [0.2, 0.25) is 0 Å². The quantitative estimate of drug-likeness (QED) is 0.823. The summed E-state index contributed by atoms with van der Waals surface area (Å²) in [7, 11) is 0. The van der Waals surface area contributed by atoms with Crippen LogP contribution in [-0.4, -0.2) is 30.3 Å². The van der Waals surface area contributed by atoms with Crippen molar-refractivity contribution < 1.29 is 9.53 Å². The Morgan fingerprint density at radius 3 is 2.37 bits per heavy atom. The third kappa shape index (κ3) is 3.85. The minimum atomic E-state index is -0.0243. The van der Waals surface area contributed by atoms with E-state index in [0.717, 1.165) is 45.1 Å². The largest absolute Gasteiger partial charge is 0.375 e. The van der Waals surface area contributed by atoms with Gasteiger partial charge in [0.25, 0.3) is 0 Å². The third-order valence-electron chi connectivity index (χ3n) is 4.81. The Labute approximate surface area is 116 Å². The molecular weight excluding hydrogens is 240 g/mol. The van der Waals surface area contributed by atoms with Gasteiger partial charge in [0.05, 0.1) is 5.60 Å². The molecule has 0 aromatic rings. The molecule has 2 amide bonds. The maximum atomic E-state index is 12.0. The van der Waals surface area contributed by atoms with Crippen molar-refractivity contribution in [2.75, 3.05) is 6.61 Å². The predicted molar refractivity (Wildman–Crippen MR) is 76.2 cm³/mol. The minimum Gasteiger partial charge on any atom is -0.375 e. The highest BCUT2D eigenvalue weighted by atomic mass is 16.5. The van der Waals surface area contributed by atoms with Gasteiger partial charge in [0.15, 0.2) is 0 Å². The maximum Gasteiger partial charge on any atom is 0.315 e. The Morgan fingerprint density at radius 1 is 1.11 bits per heavy atom. The zero-order chi connectivity index (χ0) is 13.7. The SMILES string of the molecule is CCC1(CC)CC(NC(=O)NC2CCCC2)CCO1. The van der Waals surface area contributed by atoms with Gasteiger partial charge in [-0.1, -0.05) is 26.7 Å². The zero-order valence-electron chi connectivity index (χ0n) is 12.3. The van der Waals surface area contributed by atoms with Crippen molar-refractivity contribution in [3.05, 3.63) is 0 Å². The molecule has 1 heterocycles. The van der Waals surface area contributed by atoms with Gasteiger partial charge in [0.1, 0.15) is 0 Å². The first-order valence-electron chi connectivity index (χ1n) is 7.88. The minimum absolute atomic E-state index is 0.0138. The van der Waals surface area contributed by atoms with Gasteiger partial charge >= 0.3 is 6.03 Å². The summed E-state index contributed by atoms with van der Waals surface area (Å²) in [5.41, 5.74) is -0.0243. The van der Waals surface area contributed by atoms with Crippen molar-refractivity contribution in [1.82, 2.24) is 10.6 Å².